The Labute approximate surface area is 160 Å². The molecule has 0 aliphatic heterocycles. The Morgan fingerprint density at radius 1 is 1.27 bits per heavy atom. The maximum atomic E-state index is 14.3. The number of hydrogen-bond donors (Lipinski definition) is 3. The molecule has 2 rings (SSSR count). The zero-order valence-electron chi connectivity index (χ0n) is 15.1. The molecule has 3 nitrogen and oxygen atoms in total. The van der Waals surface area contributed by atoms with Gasteiger partial charge in [0.2, 0.25) is 0 Å². The molecule has 4 N–H and O–H groups in total. The second kappa shape index (κ2) is 8.68. The molecule has 0 aliphatic carbocycles. The maximum Gasteiger partial charge on any atom is 0.171 e. The van der Waals surface area contributed by atoms with Crippen LogP contribution in [0, 0.1) is 12.3 Å². The second-order valence-electron chi connectivity index (χ2n) is 6.58. The van der Waals surface area contributed by atoms with Gasteiger partial charge in [-0.25, -0.2) is 4.39 Å². The summed E-state index contributed by atoms with van der Waals surface area (Å²) < 4.78 is 14.3. The van der Waals surface area contributed by atoms with E-state index in [0.717, 1.165) is 11.3 Å². The Bertz CT molecular complexity index is 805. The van der Waals surface area contributed by atoms with Gasteiger partial charge in [-0.2, -0.15) is 0 Å². The molecule has 0 heterocycles. The van der Waals surface area contributed by atoms with E-state index in [0.29, 0.717) is 29.2 Å². The van der Waals surface area contributed by atoms with Crippen molar-refractivity contribution < 1.29 is 4.39 Å². The predicted octanol–water partition coefficient (Wildman–Crippen LogP) is 4.91. The summed E-state index contributed by atoms with van der Waals surface area (Å²) in [4.78, 5) is 0. The first-order valence-corrected chi connectivity index (χ1v) is 8.87. The van der Waals surface area contributed by atoms with Gasteiger partial charge in [-0.05, 0) is 55.7 Å². The van der Waals surface area contributed by atoms with Crippen LogP contribution in [0.4, 0.5) is 15.8 Å². The van der Waals surface area contributed by atoms with Gasteiger partial charge in [0.15, 0.2) is 5.11 Å². The molecule has 136 valence electrons. The summed E-state index contributed by atoms with van der Waals surface area (Å²) >= 11 is 5.43. The Balaban J connectivity index is 2.18. The molecule has 0 spiro atoms. The Kier molecular flexibility index (Phi) is 6.59. The SMILES string of the molecule is C#CCCC(NC(=S)Nc1ccccc1N)c1cccc(C(C)(C)F)c1. The van der Waals surface area contributed by atoms with Gasteiger partial charge < -0.3 is 16.4 Å². The van der Waals surface area contributed by atoms with Crippen molar-refractivity contribution in [3.63, 3.8) is 0 Å². The Morgan fingerprint density at radius 2 is 2.00 bits per heavy atom. The third kappa shape index (κ3) is 5.47. The average Bonchev–Trinajstić information content (AvgIpc) is 2.60. The van der Waals surface area contributed by atoms with E-state index >= 15 is 0 Å². The van der Waals surface area contributed by atoms with Crippen molar-refractivity contribution in [2.75, 3.05) is 11.1 Å². The topological polar surface area (TPSA) is 50.1 Å². The molecule has 5 heteroatoms. The highest BCUT2D eigenvalue weighted by Crippen LogP contribution is 2.28. The molecule has 0 saturated carbocycles. The van der Waals surface area contributed by atoms with E-state index in [-0.39, 0.29) is 6.04 Å². The summed E-state index contributed by atoms with van der Waals surface area (Å²) in [6, 6.07) is 14.7. The quantitative estimate of drug-likeness (QED) is 0.384. The number of anilines is 2. The fraction of sp³-hybridized carbons (Fsp3) is 0.286. The molecule has 26 heavy (non-hydrogen) atoms. The number of benzene rings is 2. The molecule has 2 aromatic carbocycles. The average molecular weight is 370 g/mol. The van der Waals surface area contributed by atoms with Crippen LogP contribution in [0.25, 0.3) is 0 Å². The summed E-state index contributed by atoms with van der Waals surface area (Å²) in [5.74, 6) is 2.65. The Hall–Kier alpha value is -2.58. The number of para-hydroxylation sites is 2. The first-order valence-electron chi connectivity index (χ1n) is 8.46. The van der Waals surface area contributed by atoms with Crippen molar-refractivity contribution in [1.82, 2.24) is 5.32 Å². The molecule has 0 amide bonds. The van der Waals surface area contributed by atoms with E-state index in [9.17, 15) is 4.39 Å². The summed E-state index contributed by atoms with van der Waals surface area (Å²) in [5.41, 5.74) is 7.43. The standard InChI is InChI=1S/C21H24FN3S/c1-4-5-12-18(15-9-8-10-16(14-15)21(2,3)22)24-20(26)25-19-13-7-6-11-17(19)23/h1,6-11,13-14,18H,5,12,23H2,2-3H3,(H2,24,25,26). The zero-order chi connectivity index (χ0) is 19.2. The third-order valence-electron chi connectivity index (χ3n) is 4.07. The monoisotopic (exact) mass is 369 g/mol. The van der Waals surface area contributed by atoms with Gasteiger partial charge in [-0.15, -0.1) is 12.3 Å². The van der Waals surface area contributed by atoms with Crippen LogP contribution in [-0.4, -0.2) is 5.11 Å². The summed E-state index contributed by atoms with van der Waals surface area (Å²) in [6.07, 6.45) is 6.69. The van der Waals surface area contributed by atoms with Crippen molar-refractivity contribution >= 4 is 28.7 Å². The van der Waals surface area contributed by atoms with E-state index in [1.54, 1.807) is 26.0 Å². The Morgan fingerprint density at radius 3 is 2.65 bits per heavy atom. The van der Waals surface area contributed by atoms with Crippen LogP contribution in [0.2, 0.25) is 0 Å². The van der Waals surface area contributed by atoms with Crippen molar-refractivity contribution in [2.45, 2.75) is 38.4 Å². The maximum absolute atomic E-state index is 14.3. The molecule has 0 aliphatic rings. The van der Waals surface area contributed by atoms with Gasteiger partial charge in [0.1, 0.15) is 5.67 Å². The minimum absolute atomic E-state index is 0.127. The minimum atomic E-state index is -1.41. The summed E-state index contributed by atoms with van der Waals surface area (Å²) in [6.45, 7) is 3.08. The van der Waals surface area contributed by atoms with Crippen molar-refractivity contribution in [2.24, 2.45) is 0 Å². The van der Waals surface area contributed by atoms with E-state index in [4.69, 9.17) is 24.4 Å². The highest BCUT2D eigenvalue weighted by atomic mass is 32.1. The third-order valence-corrected chi connectivity index (χ3v) is 4.29. The van der Waals surface area contributed by atoms with Crippen LogP contribution in [0.15, 0.2) is 48.5 Å². The molecule has 2 aromatic rings. The number of rotatable bonds is 6. The van der Waals surface area contributed by atoms with Gasteiger partial charge in [0.25, 0.3) is 0 Å². The predicted molar refractivity (Wildman–Crippen MR) is 112 cm³/mol. The molecule has 1 unspecified atom stereocenters. The molecule has 0 radical (unpaired) electrons. The van der Waals surface area contributed by atoms with Crippen LogP contribution in [0.3, 0.4) is 0 Å². The molecular weight excluding hydrogens is 345 g/mol. The van der Waals surface area contributed by atoms with Gasteiger partial charge >= 0.3 is 0 Å². The number of nitrogen functional groups attached to an aromatic ring is 1. The van der Waals surface area contributed by atoms with Crippen LogP contribution in [0.5, 0.6) is 0 Å². The van der Waals surface area contributed by atoms with Crippen molar-refractivity contribution in [3.05, 3.63) is 59.7 Å². The number of thiocarbonyl (C=S) groups is 1. The molecule has 0 bridgehead atoms. The largest absolute Gasteiger partial charge is 0.397 e. The number of nitrogens with two attached hydrogens (primary N) is 1. The highest BCUT2D eigenvalue weighted by molar-refractivity contribution is 7.80. The molecule has 1 atom stereocenters. The van der Waals surface area contributed by atoms with Gasteiger partial charge in [0.05, 0.1) is 17.4 Å². The van der Waals surface area contributed by atoms with Crippen LogP contribution < -0.4 is 16.4 Å². The lowest BCUT2D eigenvalue weighted by molar-refractivity contribution is 0.221. The van der Waals surface area contributed by atoms with E-state index in [2.05, 4.69) is 16.6 Å². The second-order valence-corrected chi connectivity index (χ2v) is 6.99. The summed E-state index contributed by atoms with van der Waals surface area (Å²) in [7, 11) is 0. The first kappa shape index (κ1) is 19.7. The lowest BCUT2D eigenvalue weighted by Gasteiger charge is -2.23. The molecule has 0 aromatic heterocycles. The fourth-order valence-electron chi connectivity index (χ4n) is 2.60. The lowest BCUT2D eigenvalue weighted by atomic mass is 9.94. The van der Waals surface area contributed by atoms with Crippen molar-refractivity contribution in [1.29, 1.82) is 0 Å². The lowest BCUT2D eigenvalue weighted by Crippen LogP contribution is -2.32. The smallest absolute Gasteiger partial charge is 0.171 e. The van der Waals surface area contributed by atoms with Crippen LogP contribution >= 0.6 is 12.2 Å². The zero-order valence-corrected chi connectivity index (χ0v) is 15.9. The minimum Gasteiger partial charge on any atom is -0.397 e. The van der Waals surface area contributed by atoms with Crippen molar-refractivity contribution in [3.8, 4) is 12.3 Å². The van der Waals surface area contributed by atoms with Gasteiger partial charge in [0, 0.05) is 6.42 Å². The number of terminal acetylenes is 1. The normalized spacial score (nSPS) is 12.1. The highest BCUT2D eigenvalue weighted by Gasteiger charge is 2.21. The number of nitrogens with one attached hydrogen (secondary N) is 2. The van der Waals surface area contributed by atoms with Crippen LogP contribution in [0.1, 0.15) is 43.9 Å². The molecular formula is C21H24FN3S. The number of halogens is 1. The van der Waals surface area contributed by atoms with E-state index < -0.39 is 5.67 Å². The summed E-state index contributed by atoms with van der Waals surface area (Å²) in [5, 5.41) is 6.81. The first-order chi connectivity index (χ1) is 12.3. The van der Waals surface area contributed by atoms with E-state index in [1.807, 2.05) is 36.4 Å². The number of hydrogen-bond acceptors (Lipinski definition) is 2. The number of alkyl halides is 1. The van der Waals surface area contributed by atoms with Gasteiger partial charge in [-0.1, -0.05) is 36.4 Å². The van der Waals surface area contributed by atoms with Gasteiger partial charge in [-0.3, -0.25) is 0 Å². The fourth-order valence-corrected chi connectivity index (χ4v) is 2.85. The molecule has 0 fully saturated rings. The van der Waals surface area contributed by atoms with E-state index in [1.165, 1.54) is 0 Å². The molecule has 0 saturated heterocycles. The van der Waals surface area contributed by atoms with Crippen LogP contribution in [-0.2, 0) is 5.67 Å².